The van der Waals surface area contributed by atoms with Gasteiger partial charge in [-0.15, -0.1) is 0 Å². The molecule has 0 radical (unpaired) electrons. The van der Waals surface area contributed by atoms with Crippen molar-refractivity contribution >= 4 is 23.2 Å². The lowest BCUT2D eigenvalue weighted by molar-refractivity contribution is 0.0833. The van der Waals surface area contributed by atoms with E-state index in [9.17, 15) is 9.59 Å². The Morgan fingerprint density at radius 1 is 1.11 bits per heavy atom. The number of hydrogen-bond acceptors (Lipinski definition) is 7. The zero-order chi connectivity index (χ0) is 19.0. The first-order chi connectivity index (χ1) is 13.0. The Labute approximate surface area is 156 Å². The smallest absolute Gasteiger partial charge is 0.293 e. The van der Waals surface area contributed by atoms with Crippen LogP contribution < -0.4 is 26.9 Å². The summed E-state index contributed by atoms with van der Waals surface area (Å²) in [4.78, 5) is 34.0. The highest BCUT2D eigenvalue weighted by Crippen LogP contribution is 2.30. The minimum Gasteiger partial charge on any atom is -0.373 e. The lowest BCUT2D eigenvalue weighted by atomic mass is 9.88. The summed E-state index contributed by atoms with van der Waals surface area (Å²) >= 11 is 0. The first-order valence-electron chi connectivity index (χ1n) is 9.15. The van der Waals surface area contributed by atoms with E-state index < -0.39 is 5.66 Å². The molecule has 9 nitrogen and oxygen atoms in total. The number of nitrogens with zero attached hydrogens (tertiary/aromatic N) is 3. The second-order valence-electron chi connectivity index (χ2n) is 7.10. The zero-order valence-corrected chi connectivity index (χ0v) is 15.4. The third kappa shape index (κ3) is 3.09. The standard InChI is InChI=1S/C18H23N7O2/c1-11-8-12(22-14-9-13(19-2)20-10-21-14)17(27)25-15(11)16(26)23-18(24-25)6-4-3-5-7-18/h8-10,24H,3-7H2,1-2H3,(H,23,26)(H2,19,20,21,22). The van der Waals surface area contributed by atoms with Crippen LogP contribution in [0.25, 0.3) is 0 Å². The average Bonchev–Trinajstić information content (AvgIpc) is 2.66. The van der Waals surface area contributed by atoms with Crippen LogP contribution in [0.2, 0.25) is 0 Å². The van der Waals surface area contributed by atoms with Gasteiger partial charge in [-0.1, -0.05) is 6.42 Å². The molecule has 0 saturated heterocycles. The fourth-order valence-corrected chi connectivity index (χ4v) is 3.83. The predicted octanol–water partition coefficient (Wildman–Crippen LogP) is 1.68. The van der Waals surface area contributed by atoms with Crippen LogP contribution in [-0.2, 0) is 0 Å². The maximum absolute atomic E-state index is 13.1. The molecule has 0 aromatic carbocycles. The Morgan fingerprint density at radius 2 is 1.85 bits per heavy atom. The second kappa shape index (κ2) is 6.57. The topological polar surface area (TPSA) is 113 Å². The summed E-state index contributed by atoms with van der Waals surface area (Å²) in [6.45, 7) is 1.82. The lowest BCUT2D eigenvalue weighted by Gasteiger charge is -2.43. The SMILES string of the molecule is CNc1cc(Nc2cc(C)c3n(c2=O)NC2(CCCCC2)NC3=O)ncn1. The van der Waals surface area contributed by atoms with Gasteiger partial charge in [0.15, 0.2) is 0 Å². The van der Waals surface area contributed by atoms with E-state index in [0.717, 1.165) is 32.1 Å². The van der Waals surface area contributed by atoms with E-state index in [-0.39, 0.29) is 11.5 Å². The molecule has 1 spiro atoms. The van der Waals surface area contributed by atoms with E-state index in [1.54, 1.807) is 19.2 Å². The Bertz CT molecular complexity index is 947. The molecule has 1 fully saturated rings. The van der Waals surface area contributed by atoms with E-state index in [1.165, 1.54) is 11.0 Å². The molecule has 1 aliphatic carbocycles. The second-order valence-corrected chi connectivity index (χ2v) is 7.10. The zero-order valence-electron chi connectivity index (χ0n) is 15.4. The van der Waals surface area contributed by atoms with Gasteiger partial charge < -0.3 is 16.0 Å². The molecule has 2 aliphatic rings. The lowest BCUT2D eigenvalue weighted by Crippen LogP contribution is -2.64. The normalized spacial score (nSPS) is 17.6. The molecule has 1 saturated carbocycles. The Hall–Kier alpha value is -3.10. The molecule has 9 heteroatoms. The molecule has 2 aromatic rings. The van der Waals surface area contributed by atoms with Gasteiger partial charge in [-0.05, 0) is 44.2 Å². The van der Waals surface area contributed by atoms with Gasteiger partial charge in [0.05, 0.1) is 0 Å². The van der Waals surface area contributed by atoms with Gasteiger partial charge in [-0.3, -0.25) is 15.0 Å². The number of carbonyl (C=O) groups is 1. The Morgan fingerprint density at radius 3 is 2.59 bits per heavy atom. The summed E-state index contributed by atoms with van der Waals surface area (Å²) in [6, 6.07) is 3.39. The summed E-state index contributed by atoms with van der Waals surface area (Å²) in [5.74, 6) is 0.927. The molecule has 4 N–H and O–H groups in total. The summed E-state index contributed by atoms with van der Waals surface area (Å²) in [6.07, 6.45) is 6.20. The van der Waals surface area contributed by atoms with Crippen LogP contribution in [0.4, 0.5) is 17.3 Å². The molecule has 142 valence electrons. The Balaban J connectivity index is 1.74. The number of aromatic nitrogens is 3. The maximum atomic E-state index is 13.1. The minimum absolute atomic E-state index is 0.212. The highest BCUT2D eigenvalue weighted by atomic mass is 16.2. The number of carbonyl (C=O) groups excluding carboxylic acids is 1. The van der Waals surface area contributed by atoms with Crippen molar-refractivity contribution in [3.8, 4) is 0 Å². The van der Waals surface area contributed by atoms with Gasteiger partial charge in [0.1, 0.15) is 35.0 Å². The fourth-order valence-electron chi connectivity index (χ4n) is 3.83. The van der Waals surface area contributed by atoms with Crippen LogP contribution in [-0.4, -0.2) is 33.3 Å². The van der Waals surface area contributed by atoms with Gasteiger partial charge in [-0.2, -0.15) is 0 Å². The van der Waals surface area contributed by atoms with Gasteiger partial charge in [0, 0.05) is 13.1 Å². The van der Waals surface area contributed by atoms with Crippen molar-refractivity contribution in [2.75, 3.05) is 23.1 Å². The van der Waals surface area contributed by atoms with Crippen molar-refractivity contribution in [1.29, 1.82) is 0 Å². The molecule has 2 aromatic heterocycles. The number of amides is 1. The molecule has 27 heavy (non-hydrogen) atoms. The summed E-state index contributed by atoms with van der Waals surface area (Å²) in [5, 5.41) is 9.06. The van der Waals surface area contributed by atoms with E-state index in [2.05, 4.69) is 31.3 Å². The minimum atomic E-state index is -0.550. The highest BCUT2D eigenvalue weighted by Gasteiger charge is 2.40. The number of aryl methyl sites for hydroxylation is 1. The third-order valence-electron chi connectivity index (χ3n) is 5.18. The van der Waals surface area contributed by atoms with E-state index in [0.29, 0.717) is 28.6 Å². The van der Waals surface area contributed by atoms with E-state index >= 15 is 0 Å². The van der Waals surface area contributed by atoms with Gasteiger partial charge in [0.25, 0.3) is 11.5 Å². The summed E-state index contributed by atoms with van der Waals surface area (Å²) in [7, 11) is 1.76. The van der Waals surface area contributed by atoms with E-state index in [4.69, 9.17) is 0 Å². The van der Waals surface area contributed by atoms with Gasteiger partial charge >= 0.3 is 0 Å². The van der Waals surface area contributed by atoms with Gasteiger partial charge in [0.2, 0.25) is 0 Å². The molecule has 1 aliphatic heterocycles. The molecular formula is C18H23N7O2. The number of pyridine rings is 1. The largest absolute Gasteiger partial charge is 0.373 e. The van der Waals surface area contributed by atoms with Crippen molar-refractivity contribution in [3.05, 3.63) is 40.1 Å². The van der Waals surface area contributed by atoms with Crippen LogP contribution in [0.1, 0.15) is 48.2 Å². The maximum Gasteiger partial charge on any atom is 0.293 e. The molecular weight excluding hydrogens is 346 g/mol. The van der Waals surface area contributed by atoms with Crippen LogP contribution >= 0.6 is 0 Å². The number of rotatable bonds is 3. The number of fused-ring (bicyclic) bond motifs is 1. The number of nitrogens with one attached hydrogen (secondary N) is 4. The Kier molecular flexibility index (Phi) is 4.21. The molecule has 3 heterocycles. The first kappa shape index (κ1) is 17.3. The van der Waals surface area contributed by atoms with Crippen LogP contribution in [0.5, 0.6) is 0 Å². The van der Waals surface area contributed by atoms with Gasteiger partial charge in [-0.25, -0.2) is 14.6 Å². The number of hydrogen-bond donors (Lipinski definition) is 4. The molecule has 0 unspecified atom stereocenters. The molecule has 1 amide bonds. The summed E-state index contributed by atoms with van der Waals surface area (Å²) < 4.78 is 1.39. The van der Waals surface area contributed by atoms with Crippen LogP contribution in [0, 0.1) is 6.92 Å². The third-order valence-corrected chi connectivity index (χ3v) is 5.18. The quantitative estimate of drug-likeness (QED) is 0.651. The van der Waals surface area contributed by atoms with Crippen LogP contribution in [0.15, 0.2) is 23.3 Å². The fraction of sp³-hybridized carbons (Fsp3) is 0.444. The van der Waals surface area contributed by atoms with Crippen molar-refractivity contribution in [3.63, 3.8) is 0 Å². The summed E-state index contributed by atoms with van der Waals surface area (Å²) in [5.41, 5.74) is 3.84. The van der Waals surface area contributed by atoms with Crippen LogP contribution in [0.3, 0.4) is 0 Å². The molecule has 4 rings (SSSR count). The average molecular weight is 369 g/mol. The highest BCUT2D eigenvalue weighted by molar-refractivity contribution is 5.96. The van der Waals surface area contributed by atoms with Crippen molar-refractivity contribution in [2.45, 2.75) is 44.7 Å². The first-order valence-corrected chi connectivity index (χ1v) is 9.15. The van der Waals surface area contributed by atoms with Crippen molar-refractivity contribution in [2.24, 2.45) is 0 Å². The monoisotopic (exact) mass is 369 g/mol. The van der Waals surface area contributed by atoms with E-state index in [1.807, 2.05) is 6.92 Å². The molecule has 0 bridgehead atoms. The molecule has 0 atom stereocenters. The predicted molar refractivity (Wildman–Crippen MR) is 103 cm³/mol. The van der Waals surface area contributed by atoms with Crippen molar-refractivity contribution < 1.29 is 4.79 Å². The van der Waals surface area contributed by atoms with Crippen molar-refractivity contribution in [1.82, 2.24) is 20.0 Å². The number of anilines is 3.